The first-order valence-corrected chi connectivity index (χ1v) is 15.9. The summed E-state index contributed by atoms with van der Waals surface area (Å²) in [6.07, 6.45) is 5.39. The lowest BCUT2D eigenvalue weighted by atomic mass is 9.68. The van der Waals surface area contributed by atoms with E-state index in [0.717, 1.165) is 18.6 Å². The maximum atomic E-state index is 13.0. The van der Waals surface area contributed by atoms with E-state index >= 15 is 0 Å². The van der Waals surface area contributed by atoms with Crippen molar-refractivity contribution in [1.82, 2.24) is 10.6 Å². The Bertz CT molecular complexity index is 954. The number of allylic oxidation sites excluding steroid dienone is 1. The number of nitrogens with one attached hydrogen (secondary N) is 2. The third-order valence-electron chi connectivity index (χ3n) is 8.40. The molecule has 4 N–H and O–H groups in total. The van der Waals surface area contributed by atoms with Crippen molar-refractivity contribution in [3.8, 4) is 0 Å². The van der Waals surface area contributed by atoms with E-state index in [2.05, 4.69) is 37.5 Å². The smallest absolute Gasteiger partial charge is 0.407 e. The molecule has 2 heterocycles. The van der Waals surface area contributed by atoms with Crippen LogP contribution in [0.4, 0.5) is 4.79 Å². The van der Waals surface area contributed by atoms with Crippen LogP contribution >= 0.6 is 11.8 Å². The Morgan fingerprint density at radius 2 is 1.95 bits per heavy atom. The van der Waals surface area contributed by atoms with E-state index in [1.165, 1.54) is 5.57 Å². The molecule has 8 atom stereocenters. The molecule has 0 aromatic heterocycles. The van der Waals surface area contributed by atoms with Gasteiger partial charge in [0.25, 0.3) is 0 Å². The zero-order valence-corrected chi connectivity index (χ0v) is 26.3. The molecule has 41 heavy (non-hydrogen) atoms. The van der Waals surface area contributed by atoms with Crippen LogP contribution in [0.15, 0.2) is 11.6 Å². The molecule has 2 amide bonds. The first-order valence-electron chi connectivity index (χ1n) is 14.5. The molecule has 11 nitrogen and oxygen atoms in total. The number of amides is 2. The van der Waals surface area contributed by atoms with E-state index in [-0.39, 0.29) is 42.8 Å². The normalized spacial score (nSPS) is 31.6. The second-order valence-electron chi connectivity index (χ2n) is 12.1. The fraction of sp³-hybridized carbons (Fsp3) is 0.828. The average molecular weight is 600 g/mol. The number of hydrogen-bond donors (Lipinski definition) is 3. The van der Waals surface area contributed by atoms with Gasteiger partial charge in [-0.25, -0.2) is 4.79 Å². The van der Waals surface area contributed by atoms with Crippen molar-refractivity contribution in [2.24, 2.45) is 17.6 Å². The van der Waals surface area contributed by atoms with Crippen molar-refractivity contribution in [2.45, 2.75) is 102 Å². The Hall–Kier alpha value is -1.86. The summed E-state index contributed by atoms with van der Waals surface area (Å²) < 4.78 is 29.4. The van der Waals surface area contributed by atoms with Crippen LogP contribution in [-0.4, -0.2) is 98.4 Å². The van der Waals surface area contributed by atoms with Gasteiger partial charge in [-0.1, -0.05) is 25.5 Å². The summed E-state index contributed by atoms with van der Waals surface area (Å²) >= 11 is 1.60. The maximum absolute atomic E-state index is 13.0. The number of nitrogens with two attached hydrogens (primary N) is 1. The molecular formula is C29H49N3O8S. The molecule has 3 fully saturated rings. The van der Waals surface area contributed by atoms with Gasteiger partial charge in [-0.3, -0.25) is 9.59 Å². The Kier molecular flexibility index (Phi) is 11.9. The van der Waals surface area contributed by atoms with E-state index < -0.39 is 41.8 Å². The molecule has 0 aromatic rings. The molecule has 0 unspecified atom stereocenters. The summed E-state index contributed by atoms with van der Waals surface area (Å²) in [4.78, 5) is 37.3. The average Bonchev–Trinajstić information content (AvgIpc) is 3.84. The van der Waals surface area contributed by atoms with E-state index in [1.54, 1.807) is 18.9 Å². The fourth-order valence-corrected chi connectivity index (χ4v) is 6.18. The van der Waals surface area contributed by atoms with Crippen molar-refractivity contribution < 1.29 is 38.1 Å². The quantitative estimate of drug-likeness (QED) is 0.145. The lowest BCUT2D eigenvalue weighted by molar-refractivity contribution is -0.145. The second-order valence-corrected chi connectivity index (χ2v) is 13.1. The van der Waals surface area contributed by atoms with Gasteiger partial charge in [0, 0.05) is 7.11 Å². The first-order chi connectivity index (χ1) is 19.4. The van der Waals surface area contributed by atoms with Gasteiger partial charge < -0.3 is 40.1 Å². The van der Waals surface area contributed by atoms with Crippen molar-refractivity contribution in [2.75, 3.05) is 38.9 Å². The summed E-state index contributed by atoms with van der Waals surface area (Å²) in [6, 6.07) is -1.16. The molecule has 1 saturated carbocycles. The number of thioether (sulfide) groups is 1. The van der Waals surface area contributed by atoms with E-state index in [4.69, 9.17) is 29.4 Å². The summed E-state index contributed by atoms with van der Waals surface area (Å²) in [6.45, 7) is 10.4. The Morgan fingerprint density at radius 3 is 2.54 bits per heavy atom. The van der Waals surface area contributed by atoms with Crippen molar-refractivity contribution >= 4 is 29.7 Å². The highest BCUT2D eigenvalue weighted by Gasteiger charge is 2.72. The summed E-state index contributed by atoms with van der Waals surface area (Å²) in [5, 5.41) is 5.35. The van der Waals surface area contributed by atoms with Crippen LogP contribution in [0.2, 0.25) is 0 Å². The maximum Gasteiger partial charge on any atom is 0.407 e. The topological polar surface area (TPSA) is 154 Å². The molecular weight excluding hydrogens is 550 g/mol. The van der Waals surface area contributed by atoms with Crippen LogP contribution in [0.5, 0.6) is 0 Å². The van der Waals surface area contributed by atoms with Crippen LogP contribution in [0.25, 0.3) is 0 Å². The van der Waals surface area contributed by atoms with E-state index in [9.17, 15) is 14.4 Å². The molecule has 234 valence electrons. The first kappa shape index (κ1) is 33.6. The van der Waals surface area contributed by atoms with Gasteiger partial charge in [-0.15, -0.1) is 0 Å². The Morgan fingerprint density at radius 1 is 1.24 bits per heavy atom. The minimum Gasteiger partial charge on any atom is -0.462 e. The summed E-state index contributed by atoms with van der Waals surface area (Å²) in [5.41, 5.74) is 6.33. The second kappa shape index (κ2) is 14.5. The number of alkyl carbamates (subject to hydrolysis) is 1. The Labute approximate surface area is 248 Å². The zero-order chi connectivity index (χ0) is 30.4. The van der Waals surface area contributed by atoms with Crippen molar-refractivity contribution in [3.63, 3.8) is 0 Å². The largest absolute Gasteiger partial charge is 0.462 e. The third-order valence-corrected chi connectivity index (χ3v) is 9.05. The number of methoxy groups -OCH3 is 1. The van der Waals surface area contributed by atoms with Gasteiger partial charge in [0.05, 0.1) is 30.7 Å². The molecule has 3 rings (SSSR count). The number of epoxide rings is 2. The summed E-state index contributed by atoms with van der Waals surface area (Å²) in [7, 11) is 1.63. The molecule has 2 aliphatic heterocycles. The van der Waals surface area contributed by atoms with Crippen LogP contribution in [0, 0.1) is 11.8 Å². The molecule has 0 bridgehead atoms. The molecule has 2 saturated heterocycles. The van der Waals surface area contributed by atoms with Gasteiger partial charge in [0.2, 0.25) is 5.91 Å². The lowest BCUT2D eigenvalue weighted by Gasteiger charge is -2.42. The molecule has 3 aliphatic rings. The zero-order valence-electron chi connectivity index (χ0n) is 25.5. The number of carbonyl (C=O) groups excluding carboxylic acids is 3. The monoisotopic (exact) mass is 599 g/mol. The third kappa shape index (κ3) is 8.82. The number of ether oxygens (including phenoxy) is 5. The molecule has 1 spiro atoms. The lowest BCUT2D eigenvalue weighted by Crippen LogP contribution is -2.56. The minimum atomic E-state index is -0.677. The summed E-state index contributed by atoms with van der Waals surface area (Å²) in [5.74, 6) is -0.375. The number of esters is 1. The van der Waals surface area contributed by atoms with Crippen molar-refractivity contribution in [3.05, 3.63) is 11.6 Å². The fourth-order valence-electron chi connectivity index (χ4n) is 5.69. The standard InChI is InChI=1S/C29H49N3O8S/c1-17(2)8-9-22-28(5,40-22)25-24(36-6)21(10-12-29(25)16-38-29)39-27(35)32-20(18(3)4)15-37-23(33)14-31-26(34)19(30)11-13-41-7/h8,18-22,24-25H,9-16,30H2,1-7H3,(H,31,34)(H,32,35)/t19-,20-,21+,22+,24+,25+,28-,29-/m0/s1. The Balaban J connectivity index is 1.52. The predicted octanol–water partition coefficient (Wildman–Crippen LogP) is 2.55. The van der Waals surface area contributed by atoms with Crippen LogP contribution in [-0.2, 0) is 33.3 Å². The minimum absolute atomic E-state index is 0.0417. The highest BCUT2D eigenvalue weighted by atomic mass is 32.2. The van der Waals surface area contributed by atoms with Gasteiger partial charge in [-0.2, -0.15) is 11.8 Å². The van der Waals surface area contributed by atoms with Crippen LogP contribution in [0.1, 0.15) is 60.3 Å². The number of hydrogen-bond acceptors (Lipinski definition) is 10. The van der Waals surface area contributed by atoms with Crippen LogP contribution in [0.3, 0.4) is 0 Å². The van der Waals surface area contributed by atoms with E-state index in [1.807, 2.05) is 20.1 Å². The highest BCUT2D eigenvalue weighted by molar-refractivity contribution is 7.98. The highest BCUT2D eigenvalue weighted by Crippen LogP contribution is 2.59. The molecule has 1 aliphatic carbocycles. The van der Waals surface area contributed by atoms with Gasteiger partial charge >= 0.3 is 12.1 Å². The van der Waals surface area contributed by atoms with Gasteiger partial charge in [-0.05, 0) is 64.4 Å². The van der Waals surface area contributed by atoms with E-state index in [0.29, 0.717) is 19.4 Å². The molecule has 0 radical (unpaired) electrons. The number of rotatable bonds is 15. The molecule has 0 aromatic carbocycles. The number of carbonyl (C=O) groups is 3. The predicted molar refractivity (Wildman–Crippen MR) is 157 cm³/mol. The van der Waals surface area contributed by atoms with Crippen molar-refractivity contribution in [1.29, 1.82) is 0 Å². The van der Waals surface area contributed by atoms with Gasteiger partial charge in [0.1, 0.15) is 36.6 Å². The SMILES string of the molecule is CO[C@@H]1[C@H](OC(=O)N[C@@H](COC(=O)CNC(=O)[C@@H](N)CCSC)C(C)C)CC[C@]2(CO2)[C@H]1[C@@]1(C)O[C@@H]1CC=C(C)C. The van der Waals surface area contributed by atoms with Crippen LogP contribution < -0.4 is 16.4 Å². The van der Waals surface area contributed by atoms with Gasteiger partial charge in [0.15, 0.2) is 0 Å². The molecule has 12 heteroatoms.